The summed E-state index contributed by atoms with van der Waals surface area (Å²) in [5.41, 5.74) is 2.66. The predicted octanol–water partition coefficient (Wildman–Crippen LogP) is 3.31. The van der Waals surface area contributed by atoms with Crippen molar-refractivity contribution in [1.29, 1.82) is 0 Å². The predicted molar refractivity (Wildman–Crippen MR) is 120 cm³/mol. The Hall–Kier alpha value is -3.48. The first-order valence-corrected chi connectivity index (χ1v) is 11.3. The first kappa shape index (κ1) is 21.4. The number of likely N-dealkylation sites (tertiary alicyclic amines) is 1. The van der Waals surface area contributed by atoms with E-state index in [1.165, 1.54) is 0 Å². The maximum absolute atomic E-state index is 13.2. The molecule has 33 heavy (non-hydrogen) atoms. The van der Waals surface area contributed by atoms with E-state index < -0.39 is 23.5 Å². The molecule has 0 bridgehead atoms. The quantitative estimate of drug-likeness (QED) is 0.661. The molecule has 3 aliphatic heterocycles. The Kier molecular flexibility index (Phi) is 4.88. The van der Waals surface area contributed by atoms with Crippen LogP contribution in [0.5, 0.6) is 5.75 Å². The lowest BCUT2D eigenvalue weighted by Crippen LogP contribution is -2.56. The number of nitrogens with zero attached hydrogens (tertiary/aromatic N) is 2. The highest BCUT2D eigenvalue weighted by Gasteiger charge is 2.46. The summed E-state index contributed by atoms with van der Waals surface area (Å²) < 4.78 is 6.38. The van der Waals surface area contributed by atoms with Gasteiger partial charge < -0.3 is 9.64 Å². The summed E-state index contributed by atoms with van der Waals surface area (Å²) in [5.74, 6) is -0.439. The lowest BCUT2D eigenvalue weighted by Gasteiger charge is -2.45. The molecule has 1 unspecified atom stereocenters. The Labute approximate surface area is 192 Å². The molecule has 3 amide bonds. The van der Waals surface area contributed by atoms with E-state index in [1.807, 2.05) is 26.0 Å². The molecule has 170 valence electrons. The number of aryl methyl sites for hydroxylation is 2. The molecule has 2 aromatic carbocycles. The summed E-state index contributed by atoms with van der Waals surface area (Å²) >= 11 is 0. The normalized spacial score (nSPS) is 19.9. The minimum absolute atomic E-state index is 0.0768. The molecule has 0 aromatic heterocycles. The standard InChI is InChI=1S/C26H26N2O5/c1-15-12-16(2)22-20(29)14-26(33-21(22)13-15)8-10-27(11-9-26)23(30)17(3)28-24(31)18-6-4-5-7-19(18)25(28)32/h4-7,12-13,17H,8-11,14H2,1-3H3. The molecule has 3 heterocycles. The lowest BCUT2D eigenvalue weighted by molar-refractivity contribution is -0.138. The molecule has 1 fully saturated rings. The third kappa shape index (κ3) is 3.34. The van der Waals surface area contributed by atoms with Crippen molar-refractivity contribution >= 4 is 23.5 Å². The van der Waals surface area contributed by atoms with E-state index in [0.717, 1.165) is 16.0 Å². The molecule has 7 heteroatoms. The number of hydrogen-bond acceptors (Lipinski definition) is 5. The highest BCUT2D eigenvalue weighted by Crippen LogP contribution is 2.41. The van der Waals surface area contributed by atoms with Gasteiger partial charge in [0, 0.05) is 25.9 Å². The van der Waals surface area contributed by atoms with Crippen LogP contribution >= 0.6 is 0 Å². The number of hydrogen-bond donors (Lipinski definition) is 0. The van der Waals surface area contributed by atoms with Crippen LogP contribution in [0.2, 0.25) is 0 Å². The SMILES string of the molecule is Cc1cc(C)c2c(c1)OC1(CCN(C(=O)C(C)N3C(=O)c4ccccc4C3=O)CC1)CC2=O. The second kappa shape index (κ2) is 7.54. The van der Waals surface area contributed by atoms with Crippen molar-refractivity contribution in [1.82, 2.24) is 9.80 Å². The van der Waals surface area contributed by atoms with Gasteiger partial charge in [0.1, 0.15) is 17.4 Å². The monoisotopic (exact) mass is 446 g/mol. The van der Waals surface area contributed by atoms with E-state index in [0.29, 0.717) is 54.8 Å². The zero-order valence-electron chi connectivity index (χ0n) is 19.0. The summed E-state index contributed by atoms with van der Waals surface area (Å²) in [6, 6.07) is 9.62. The van der Waals surface area contributed by atoms with Gasteiger partial charge in [-0.2, -0.15) is 0 Å². The maximum atomic E-state index is 13.2. The fourth-order valence-electron chi connectivity index (χ4n) is 5.36. The van der Waals surface area contributed by atoms with Gasteiger partial charge in [-0.3, -0.25) is 24.1 Å². The number of carbonyl (C=O) groups is 4. The van der Waals surface area contributed by atoms with Crippen LogP contribution in [-0.4, -0.2) is 58.0 Å². The number of rotatable bonds is 2. The van der Waals surface area contributed by atoms with Gasteiger partial charge in [-0.25, -0.2) is 0 Å². The molecule has 2 aromatic rings. The Balaban J connectivity index is 1.30. The molecule has 5 rings (SSSR count). The number of piperidine rings is 1. The minimum atomic E-state index is -0.897. The van der Waals surface area contributed by atoms with Gasteiger partial charge in [0.25, 0.3) is 11.8 Å². The minimum Gasteiger partial charge on any atom is -0.486 e. The molecule has 1 atom stereocenters. The van der Waals surface area contributed by atoms with Crippen molar-refractivity contribution in [2.75, 3.05) is 13.1 Å². The number of amides is 3. The summed E-state index contributed by atoms with van der Waals surface area (Å²) in [5, 5.41) is 0. The number of benzene rings is 2. The first-order chi connectivity index (χ1) is 15.7. The molecule has 3 aliphatic rings. The molecular formula is C26H26N2O5. The van der Waals surface area contributed by atoms with Gasteiger partial charge in [-0.1, -0.05) is 18.2 Å². The zero-order chi connectivity index (χ0) is 23.5. The van der Waals surface area contributed by atoms with Crippen LogP contribution in [0, 0.1) is 13.8 Å². The summed E-state index contributed by atoms with van der Waals surface area (Å²) in [4.78, 5) is 54.4. The second-order valence-electron chi connectivity index (χ2n) is 9.37. The van der Waals surface area contributed by atoms with Crippen LogP contribution in [0.25, 0.3) is 0 Å². The highest BCUT2D eigenvalue weighted by atomic mass is 16.5. The molecule has 1 saturated heterocycles. The molecule has 7 nitrogen and oxygen atoms in total. The second-order valence-corrected chi connectivity index (χ2v) is 9.37. The van der Waals surface area contributed by atoms with Crippen molar-refractivity contribution < 1.29 is 23.9 Å². The molecule has 1 spiro atoms. The summed E-state index contributed by atoms with van der Waals surface area (Å²) in [7, 11) is 0. The van der Waals surface area contributed by atoms with Crippen molar-refractivity contribution in [3.8, 4) is 5.75 Å². The number of fused-ring (bicyclic) bond motifs is 2. The average molecular weight is 447 g/mol. The van der Waals surface area contributed by atoms with E-state index in [2.05, 4.69) is 0 Å². The lowest BCUT2D eigenvalue weighted by atomic mass is 9.81. The third-order valence-electron chi connectivity index (χ3n) is 7.09. The average Bonchev–Trinajstić information content (AvgIpc) is 3.03. The Bertz CT molecular complexity index is 1170. The number of ether oxygens (including phenoxy) is 1. The maximum Gasteiger partial charge on any atom is 0.262 e. The molecule has 0 aliphatic carbocycles. The van der Waals surface area contributed by atoms with Crippen molar-refractivity contribution in [2.45, 2.75) is 51.7 Å². The molecule has 0 N–H and O–H groups in total. The van der Waals surface area contributed by atoms with Gasteiger partial charge in [-0.05, 0) is 50.1 Å². The van der Waals surface area contributed by atoms with Gasteiger partial charge in [0.05, 0.1) is 23.1 Å². The van der Waals surface area contributed by atoms with E-state index in [4.69, 9.17) is 4.74 Å². The largest absolute Gasteiger partial charge is 0.486 e. The Morgan fingerprint density at radius 3 is 2.21 bits per heavy atom. The third-order valence-corrected chi connectivity index (χ3v) is 7.09. The summed E-state index contributed by atoms with van der Waals surface area (Å²) in [6.45, 7) is 6.30. The van der Waals surface area contributed by atoms with E-state index in [-0.39, 0.29) is 11.7 Å². The number of imide groups is 1. The number of Topliss-reactive ketones (excluding diaryl/α,β-unsaturated/α-hetero) is 1. The van der Waals surface area contributed by atoms with Crippen molar-refractivity contribution in [2.24, 2.45) is 0 Å². The van der Waals surface area contributed by atoms with E-state index in [1.54, 1.807) is 36.1 Å². The van der Waals surface area contributed by atoms with Gasteiger partial charge in [0.2, 0.25) is 5.91 Å². The zero-order valence-corrected chi connectivity index (χ0v) is 19.0. The van der Waals surface area contributed by atoms with E-state index in [9.17, 15) is 19.2 Å². The molecular weight excluding hydrogens is 420 g/mol. The molecule has 0 saturated carbocycles. The van der Waals surface area contributed by atoms with Crippen LogP contribution in [0.15, 0.2) is 36.4 Å². The van der Waals surface area contributed by atoms with Gasteiger partial charge in [-0.15, -0.1) is 0 Å². The van der Waals surface area contributed by atoms with Crippen LogP contribution in [0.4, 0.5) is 0 Å². The fraction of sp³-hybridized carbons (Fsp3) is 0.385. The summed E-state index contributed by atoms with van der Waals surface area (Å²) in [6.07, 6.45) is 1.33. The topological polar surface area (TPSA) is 84.0 Å². The van der Waals surface area contributed by atoms with Crippen LogP contribution < -0.4 is 4.74 Å². The highest BCUT2D eigenvalue weighted by molar-refractivity contribution is 6.22. The van der Waals surface area contributed by atoms with Crippen LogP contribution in [0.3, 0.4) is 0 Å². The van der Waals surface area contributed by atoms with Crippen molar-refractivity contribution in [3.05, 3.63) is 64.2 Å². The Morgan fingerprint density at radius 1 is 1.00 bits per heavy atom. The van der Waals surface area contributed by atoms with Gasteiger partial charge in [0.15, 0.2) is 5.78 Å². The van der Waals surface area contributed by atoms with Crippen LogP contribution in [-0.2, 0) is 4.79 Å². The fourth-order valence-corrected chi connectivity index (χ4v) is 5.36. The van der Waals surface area contributed by atoms with E-state index >= 15 is 0 Å². The Morgan fingerprint density at radius 2 is 1.61 bits per heavy atom. The number of ketones is 1. The smallest absolute Gasteiger partial charge is 0.262 e. The number of carbonyl (C=O) groups excluding carboxylic acids is 4. The molecule has 0 radical (unpaired) electrons. The van der Waals surface area contributed by atoms with Crippen molar-refractivity contribution in [3.63, 3.8) is 0 Å². The first-order valence-electron chi connectivity index (χ1n) is 11.3. The van der Waals surface area contributed by atoms with Crippen LogP contribution in [0.1, 0.15) is 68.4 Å². The van der Waals surface area contributed by atoms with Gasteiger partial charge >= 0.3 is 0 Å².